The van der Waals surface area contributed by atoms with Crippen molar-refractivity contribution in [2.75, 3.05) is 0 Å². The normalized spacial score (nSPS) is 12.2. The largest absolute Gasteiger partial charge is 0.456 e. The van der Waals surface area contributed by atoms with Crippen LogP contribution in [-0.2, 0) is 0 Å². The first-order valence-corrected chi connectivity index (χ1v) is 15.4. The second kappa shape index (κ2) is 9.25. The third kappa shape index (κ3) is 3.54. The molecule has 2 nitrogen and oxygen atoms in total. The van der Waals surface area contributed by atoms with E-state index in [1.807, 2.05) is 18.5 Å². The number of fused-ring (bicyclic) bond motifs is 2. The fourth-order valence-corrected chi connectivity index (χ4v) is 7.52. The second-order valence-electron chi connectivity index (χ2n) is 11.9. The minimum absolute atomic E-state index is 0.921. The highest BCUT2D eigenvalue weighted by Gasteiger charge is 2.21. The molecular weight excluding hydrogens is 546 g/mol. The molecule has 8 aromatic carbocycles. The number of ether oxygens (including phenoxy) is 1. The van der Waals surface area contributed by atoms with Crippen LogP contribution in [0.3, 0.4) is 0 Å². The summed E-state index contributed by atoms with van der Waals surface area (Å²) in [5, 5.41) is 12.3. The number of hydrogen-bond acceptors (Lipinski definition) is 2. The van der Waals surface area contributed by atoms with Crippen LogP contribution >= 0.6 is 0 Å². The van der Waals surface area contributed by atoms with Crippen molar-refractivity contribution in [3.8, 4) is 44.9 Å². The summed E-state index contributed by atoms with van der Waals surface area (Å²) in [6.45, 7) is 0. The van der Waals surface area contributed by atoms with E-state index >= 15 is 0 Å². The molecule has 0 radical (unpaired) electrons. The molecule has 0 spiro atoms. The quantitative estimate of drug-likeness (QED) is 0.197. The van der Waals surface area contributed by atoms with Gasteiger partial charge in [0.1, 0.15) is 11.5 Å². The third-order valence-corrected chi connectivity index (χ3v) is 9.51. The van der Waals surface area contributed by atoms with E-state index in [1.54, 1.807) is 0 Å². The Hall–Kier alpha value is -5.99. The van der Waals surface area contributed by atoms with Crippen molar-refractivity contribution in [1.82, 2.24) is 4.98 Å². The smallest absolute Gasteiger partial charge is 0.136 e. The molecule has 9 aromatic rings. The molecule has 10 rings (SSSR count). The molecule has 1 aliphatic rings. The first-order valence-electron chi connectivity index (χ1n) is 15.4. The maximum Gasteiger partial charge on any atom is 0.136 e. The molecule has 2 heterocycles. The number of pyridine rings is 1. The van der Waals surface area contributed by atoms with E-state index in [9.17, 15) is 0 Å². The number of rotatable bonds is 3. The Morgan fingerprint density at radius 1 is 0.378 bits per heavy atom. The lowest BCUT2D eigenvalue weighted by Crippen LogP contribution is -1.96. The van der Waals surface area contributed by atoms with Gasteiger partial charge in [-0.3, -0.25) is 4.98 Å². The summed E-state index contributed by atoms with van der Waals surface area (Å²) in [4.78, 5) is 4.38. The Morgan fingerprint density at radius 3 is 1.62 bits per heavy atom. The van der Waals surface area contributed by atoms with Crippen LogP contribution in [0.2, 0.25) is 0 Å². The van der Waals surface area contributed by atoms with Crippen LogP contribution in [-0.4, -0.2) is 4.98 Å². The minimum atomic E-state index is 0.921. The van der Waals surface area contributed by atoms with Gasteiger partial charge in [-0.15, -0.1) is 0 Å². The molecule has 0 atom stereocenters. The van der Waals surface area contributed by atoms with Crippen molar-refractivity contribution in [3.05, 3.63) is 152 Å². The van der Waals surface area contributed by atoms with Crippen molar-refractivity contribution in [3.63, 3.8) is 0 Å². The molecule has 0 N–H and O–H groups in total. The number of hydrogen-bond donors (Lipinski definition) is 0. The van der Waals surface area contributed by atoms with Gasteiger partial charge < -0.3 is 4.74 Å². The van der Waals surface area contributed by atoms with Gasteiger partial charge in [0.05, 0.1) is 0 Å². The van der Waals surface area contributed by atoms with Crippen molar-refractivity contribution >= 4 is 53.9 Å². The first kappa shape index (κ1) is 24.5. The highest BCUT2D eigenvalue weighted by molar-refractivity contribution is 6.25. The standard InChI is InChI=1S/C43H25NO/c1-3-11-35-33(9-1)31(29-8-6-22-44-25-29)18-20-37(35)38-21-19-32(34-10-2-4-12-36(34)38)30-23-28-17-16-27-15-14-26-7-5-13-39-41(26)43(27)42(28)40(24-30)45-39/h1-25H. The van der Waals surface area contributed by atoms with Crippen LogP contribution in [0.25, 0.3) is 87.2 Å². The fourth-order valence-electron chi connectivity index (χ4n) is 7.52. The van der Waals surface area contributed by atoms with Crippen LogP contribution in [0, 0.1) is 0 Å². The summed E-state index contributed by atoms with van der Waals surface area (Å²) < 4.78 is 6.64. The van der Waals surface area contributed by atoms with E-state index < -0.39 is 0 Å². The van der Waals surface area contributed by atoms with E-state index in [0.29, 0.717) is 0 Å². The second-order valence-corrected chi connectivity index (χ2v) is 11.9. The zero-order valence-electron chi connectivity index (χ0n) is 24.3. The summed E-state index contributed by atoms with van der Waals surface area (Å²) in [5.41, 5.74) is 7.13. The first-order chi connectivity index (χ1) is 22.3. The molecule has 0 bridgehead atoms. The Labute approximate surface area is 259 Å². The van der Waals surface area contributed by atoms with E-state index in [4.69, 9.17) is 4.74 Å². The summed E-state index contributed by atoms with van der Waals surface area (Å²) in [5.74, 6) is 1.85. The average molecular weight is 572 g/mol. The van der Waals surface area contributed by atoms with Crippen LogP contribution in [0.5, 0.6) is 11.5 Å². The van der Waals surface area contributed by atoms with Gasteiger partial charge in [0.15, 0.2) is 0 Å². The Bertz CT molecular complexity index is 2670. The van der Waals surface area contributed by atoms with E-state index in [-0.39, 0.29) is 0 Å². The summed E-state index contributed by atoms with van der Waals surface area (Å²) in [7, 11) is 0. The minimum Gasteiger partial charge on any atom is -0.456 e. The Kier molecular flexibility index (Phi) is 5.03. The number of benzene rings is 8. The Morgan fingerprint density at radius 2 is 0.956 bits per heavy atom. The lowest BCUT2D eigenvalue weighted by atomic mass is 9.87. The van der Waals surface area contributed by atoms with Gasteiger partial charge in [0.2, 0.25) is 0 Å². The molecule has 0 amide bonds. The molecule has 45 heavy (non-hydrogen) atoms. The van der Waals surface area contributed by atoms with Crippen LogP contribution < -0.4 is 4.74 Å². The molecule has 0 unspecified atom stereocenters. The summed E-state index contributed by atoms with van der Waals surface area (Å²) in [6, 6.07) is 50.5. The predicted molar refractivity (Wildman–Crippen MR) is 188 cm³/mol. The zero-order valence-corrected chi connectivity index (χ0v) is 24.3. The van der Waals surface area contributed by atoms with Crippen LogP contribution in [0.15, 0.2) is 152 Å². The fraction of sp³-hybridized carbons (Fsp3) is 0. The van der Waals surface area contributed by atoms with E-state index in [0.717, 1.165) is 22.6 Å². The highest BCUT2D eigenvalue weighted by atomic mass is 16.5. The molecule has 1 aliphatic heterocycles. The van der Waals surface area contributed by atoms with Gasteiger partial charge in [0, 0.05) is 34.1 Å². The van der Waals surface area contributed by atoms with Gasteiger partial charge in [-0.2, -0.15) is 0 Å². The lowest BCUT2D eigenvalue weighted by molar-refractivity contribution is 0.493. The summed E-state index contributed by atoms with van der Waals surface area (Å²) >= 11 is 0. The highest BCUT2D eigenvalue weighted by Crippen LogP contribution is 2.49. The topological polar surface area (TPSA) is 22.1 Å². The molecule has 208 valence electrons. The molecule has 2 heteroatoms. The van der Waals surface area contributed by atoms with Gasteiger partial charge in [0.25, 0.3) is 0 Å². The van der Waals surface area contributed by atoms with E-state index in [2.05, 4.69) is 138 Å². The van der Waals surface area contributed by atoms with E-state index in [1.165, 1.54) is 76.1 Å². The molecular formula is C43H25NO. The van der Waals surface area contributed by atoms with Gasteiger partial charge in [-0.25, -0.2) is 0 Å². The molecule has 0 saturated carbocycles. The van der Waals surface area contributed by atoms with Crippen molar-refractivity contribution in [1.29, 1.82) is 0 Å². The van der Waals surface area contributed by atoms with Crippen molar-refractivity contribution in [2.24, 2.45) is 0 Å². The van der Waals surface area contributed by atoms with Crippen LogP contribution in [0.4, 0.5) is 0 Å². The molecule has 0 saturated heterocycles. The number of nitrogens with zero attached hydrogens (tertiary/aromatic N) is 1. The lowest BCUT2D eigenvalue weighted by Gasteiger charge is -2.22. The van der Waals surface area contributed by atoms with Gasteiger partial charge in [-0.1, -0.05) is 115 Å². The molecule has 1 aromatic heterocycles. The maximum atomic E-state index is 6.64. The molecule has 0 fully saturated rings. The summed E-state index contributed by atoms with van der Waals surface area (Å²) in [6.07, 6.45) is 3.76. The Balaban J connectivity index is 1.19. The predicted octanol–water partition coefficient (Wildman–Crippen LogP) is 12.0. The average Bonchev–Trinajstić information content (AvgIpc) is 3.11. The zero-order chi connectivity index (χ0) is 29.5. The maximum absolute atomic E-state index is 6.64. The SMILES string of the molecule is c1cncc(-c2ccc(-c3ccc(-c4cc5c6c(ccc7ccc8cccc(c8c76)O5)c4)c4ccccc34)c3ccccc23)c1. The third-order valence-electron chi connectivity index (χ3n) is 9.51. The van der Waals surface area contributed by atoms with Gasteiger partial charge >= 0.3 is 0 Å². The van der Waals surface area contributed by atoms with Crippen LogP contribution in [0.1, 0.15) is 0 Å². The monoisotopic (exact) mass is 571 g/mol. The molecule has 0 aliphatic carbocycles. The van der Waals surface area contributed by atoms with Gasteiger partial charge in [-0.05, 0) is 89.8 Å². The van der Waals surface area contributed by atoms with Crippen molar-refractivity contribution in [2.45, 2.75) is 0 Å². The number of aromatic nitrogens is 1. The van der Waals surface area contributed by atoms with Crippen molar-refractivity contribution < 1.29 is 4.74 Å².